The zero-order valence-electron chi connectivity index (χ0n) is 45.3. The molecule has 1 aromatic heterocycles. The third-order valence-corrected chi connectivity index (χ3v) is 11.2. The average molecular weight is 1360 g/mol. The van der Waals surface area contributed by atoms with Crippen LogP contribution in [-0.4, -0.2) is 43.1 Å². The molecule has 0 aliphatic heterocycles. The maximum Gasteiger partial charge on any atom is 0.416 e. The number of carbonyl (C=O) groups is 3. The van der Waals surface area contributed by atoms with Gasteiger partial charge in [-0.1, -0.05) is 86.3 Å². The monoisotopic (exact) mass is 1350 g/mol. The van der Waals surface area contributed by atoms with Crippen LogP contribution in [0.5, 0.6) is 0 Å². The van der Waals surface area contributed by atoms with E-state index in [-0.39, 0.29) is 53.7 Å². The molecule has 0 radical (unpaired) electrons. The molecule has 0 fully saturated rings. The van der Waals surface area contributed by atoms with Gasteiger partial charge in [0.25, 0.3) is 5.91 Å². The molecule has 2 amide bonds. The van der Waals surface area contributed by atoms with Crippen molar-refractivity contribution in [2.24, 2.45) is 11.5 Å². The number of anilines is 8. The van der Waals surface area contributed by atoms with Crippen LogP contribution in [0.3, 0.4) is 0 Å². The fraction of sp³-hybridized carbons (Fsp3) is 0.102. The first kappa shape index (κ1) is 73.7. The SMILES string of the molecule is C.NC(=O)Cn1nnc(-c2ccccc2Nc2cccc(C(F)(F)F)c2)n1.NC(=O)c1ccccc1Nc1cccc(C(F)(F)F)c1.O=C(O)c1ccccc1Nc1cccc(C(F)(F)F)c1.O=P(Cl)(Cl)Cl.[C-]#[N+]c1ccccc1Nc1cccc(C(F)(F)F)c1. The summed E-state index contributed by atoms with van der Waals surface area (Å²) in [6.45, 7) is 6.77. The van der Waals surface area contributed by atoms with Gasteiger partial charge in [-0.15, -0.1) is 10.2 Å². The number of carbonyl (C=O) groups excluding carboxylic acids is 2. The number of para-hydroxylation sites is 5. The Balaban J connectivity index is 0.000000253. The molecule has 8 aromatic carbocycles. The third kappa shape index (κ3) is 24.6. The summed E-state index contributed by atoms with van der Waals surface area (Å²) in [6, 6.07) is 44.8. The molecule has 0 atom stereocenters. The lowest BCUT2D eigenvalue weighted by molar-refractivity contribution is -0.138. The maximum atomic E-state index is 12.9. The van der Waals surface area contributed by atoms with E-state index in [1.165, 1.54) is 66.7 Å². The summed E-state index contributed by atoms with van der Waals surface area (Å²) in [6.07, 6.45) is -17.7. The van der Waals surface area contributed by atoms with E-state index in [4.69, 9.17) is 23.1 Å². The molecule has 0 saturated heterocycles. The minimum absolute atomic E-state index is 0. The molecule has 32 heteroatoms. The zero-order chi connectivity index (χ0) is 66.6. The number of alkyl halides is 12. The highest BCUT2D eigenvalue weighted by Gasteiger charge is 2.33. The quantitative estimate of drug-likeness (QED) is 0.0324. The number of hydrogen-bond acceptors (Lipinski definition) is 11. The number of hydrogen-bond donors (Lipinski definition) is 7. The lowest BCUT2D eigenvalue weighted by atomic mass is 10.1. The molecule has 478 valence electrons. The fourth-order valence-electron chi connectivity index (χ4n) is 7.32. The number of benzene rings is 8. The number of rotatable bonds is 13. The van der Waals surface area contributed by atoms with Crippen molar-refractivity contribution in [1.82, 2.24) is 20.2 Å². The van der Waals surface area contributed by atoms with Crippen LogP contribution in [0.25, 0.3) is 16.2 Å². The molecule has 0 spiro atoms. The largest absolute Gasteiger partial charge is 0.478 e. The summed E-state index contributed by atoms with van der Waals surface area (Å²) in [7, 11) is 0. The highest BCUT2D eigenvalue weighted by Crippen LogP contribution is 2.61. The van der Waals surface area contributed by atoms with Crippen LogP contribution in [-0.2, 0) is 40.6 Å². The third-order valence-electron chi connectivity index (χ3n) is 11.2. The summed E-state index contributed by atoms with van der Waals surface area (Å²) < 4.78 is 161. The molecule has 0 bridgehead atoms. The van der Waals surface area contributed by atoms with Gasteiger partial charge < -0.3 is 37.8 Å². The van der Waals surface area contributed by atoms with E-state index in [1.54, 1.807) is 78.9 Å². The molecule has 0 aliphatic carbocycles. The predicted octanol–water partition coefficient (Wildman–Crippen LogP) is 18.7. The molecule has 0 aliphatic rings. The Kier molecular flexibility index (Phi) is 26.4. The standard InChI is InChI=1S/C16H13F3N6O.C14H11F3N2O.C14H9F3N2.C14H10F3NO2.CH4.Cl3OP/c17-16(18,19)10-4-3-5-11(8-10)21-13-7-2-1-6-12(13)15-22-24-25(23-15)9-14(20)26;15-14(16,17)9-4-3-5-10(8-9)19-12-7-2-1-6-11(12)13(18)20;1-18-12-7-2-3-8-13(12)19-11-6-4-5-10(9-11)14(15,16)17;15-14(16,17)9-4-3-5-10(8-9)18-12-7-2-1-6-11(12)13(19)20;;1-5(2,3)4/h1-8,21H,9H2,(H2,20,26);1-8,19H,(H2,18,20);2-9,19H;1-8,18H,(H,19,20);1H4;. The van der Waals surface area contributed by atoms with Gasteiger partial charge in [-0.2, -0.15) is 57.5 Å². The number of nitrogens with zero attached hydrogens (tertiary/aromatic N) is 5. The second-order valence-electron chi connectivity index (χ2n) is 17.8. The highest BCUT2D eigenvalue weighted by atomic mass is 36.0. The van der Waals surface area contributed by atoms with Crippen molar-refractivity contribution in [1.29, 1.82) is 0 Å². The van der Waals surface area contributed by atoms with Crippen LogP contribution < -0.4 is 32.7 Å². The van der Waals surface area contributed by atoms with Gasteiger partial charge >= 0.3 is 35.9 Å². The molecule has 91 heavy (non-hydrogen) atoms. The van der Waals surface area contributed by atoms with E-state index in [0.29, 0.717) is 34.0 Å². The normalized spacial score (nSPS) is 11.1. The Labute approximate surface area is 524 Å². The van der Waals surface area contributed by atoms with Gasteiger partial charge in [-0.25, -0.2) is 9.64 Å². The van der Waals surface area contributed by atoms with Crippen molar-refractivity contribution in [2.75, 3.05) is 21.3 Å². The highest BCUT2D eigenvalue weighted by molar-refractivity contribution is 8.24. The molecule has 1 heterocycles. The van der Waals surface area contributed by atoms with Crippen LogP contribution in [0.4, 0.5) is 104 Å². The van der Waals surface area contributed by atoms with Crippen molar-refractivity contribution in [3.8, 4) is 11.4 Å². The first-order valence-corrected chi connectivity index (χ1v) is 29.3. The summed E-state index contributed by atoms with van der Waals surface area (Å²) >= 11 is 13.8. The number of aromatic carboxylic acids is 1. The number of tetrazole rings is 1. The van der Waals surface area contributed by atoms with Gasteiger partial charge in [-0.05, 0) is 154 Å². The summed E-state index contributed by atoms with van der Waals surface area (Å²) in [4.78, 5) is 37.5. The Hall–Kier alpha value is -9.81. The maximum absolute atomic E-state index is 12.9. The van der Waals surface area contributed by atoms with Crippen molar-refractivity contribution in [3.63, 3.8) is 0 Å². The molecule has 0 unspecified atom stereocenters. The van der Waals surface area contributed by atoms with Crippen LogP contribution in [0.2, 0.25) is 0 Å². The van der Waals surface area contributed by atoms with Crippen molar-refractivity contribution < 1.29 is 76.7 Å². The predicted molar refractivity (Wildman–Crippen MR) is 324 cm³/mol. The molecule has 0 saturated carbocycles. The second-order valence-corrected chi connectivity index (χ2v) is 24.4. The fourth-order valence-corrected chi connectivity index (χ4v) is 7.32. The molecular formula is C59H47Cl3F12N11O5P. The Morgan fingerprint density at radius 2 is 0.835 bits per heavy atom. The van der Waals surface area contributed by atoms with Gasteiger partial charge in [0.05, 0.1) is 51.3 Å². The van der Waals surface area contributed by atoms with Gasteiger partial charge in [0, 0.05) is 39.7 Å². The minimum atomic E-state index is -4.44. The number of carboxylic acids is 1. The van der Waals surface area contributed by atoms with E-state index in [2.05, 4.69) is 75.2 Å². The van der Waals surface area contributed by atoms with Crippen LogP contribution in [0.1, 0.15) is 50.4 Å². The number of amides is 2. The average Bonchev–Trinajstić information content (AvgIpc) is 1.90. The van der Waals surface area contributed by atoms with E-state index in [0.717, 1.165) is 53.3 Å². The van der Waals surface area contributed by atoms with E-state index >= 15 is 0 Å². The molecule has 9 aromatic rings. The first-order valence-electron chi connectivity index (χ1n) is 24.9. The van der Waals surface area contributed by atoms with Crippen LogP contribution in [0.15, 0.2) is 194 Å². The number of primary amides is 2. The van der Waals surface area contributed by atoms with Crippen LogP contribution >= 0.6 is 38.9 Å². The smallest absolute Gasteiger partial charge is 0.416 e. The minimum Gasteiger partial charge on any atom is -0.478 e. The van der Waals surface area contributed by atoms with Gasteiger partial charge in [0.2, 0.25) is 17.4 Å². The molecular weight excluding hydrogens is 1310 g/mol. The lowest BCUT2D eigenvalue weighted by Gasteiger charge is -2.12. The number of aromatic nitrogens is 4. The van der Waals surface area contributed by atoms with E-state index < -0.39 is 69.9 Å². The number of carboxylic acid groups (broad SMARTS) is 1. The number of nitrogens with two attached hydrogens (primary N) is 2. The lowest BCUT2D eigenvalue weighted by Crippen LogP contribution is -2.20. The van der Waals surface area contributed by atoms with E-state index in [9.17, 15) is 71.6 Å². The second kappa shape index (κ2) is 32.6. The van der Waals surface area contributed by atoms with Crippen molar-refractivity contribution in [3.05, 3.63) is 239 Å². The van der Waals surface area contributed by atoms with Gasteiger partial charge in [0.15, 0.2) is 0 Å². The Bertz CT molecular complexity index is 3910. The van der Waals surface area contributed by atoms with Gasteiger partial charge in [-0.3, -0.25) is 14.2 Å². The first-order chi connectivity index (χ1) is 42.1. The van der Waals surface area contributed by atoms with Crippen LogP contribution in [0, 0.1) is 6.57 Å². The van der Waals surface area contributed by atoms with Crippen molar-refractivity contribution in [2.45, 2.75) is 38.7 Å². The number of nitrogens with one attached hydrogen (secondary N) is 4. The summed E-state index contributed by atoms with van der Waals surface area (Å²) in [5.41, 5.74) is 10.9. The number of halogens is 15. The Morgan fingerprint density at radius 3 is 1.21 bits per heavy atom. The summed E-state index contributed by atoms with van der Waals surface area (Å²) in [5, 5.41) is 28.6. The van der Waals surface area contributed by atoms with Crippen molar-refractivity contribution >= 4 is 108 Å². The topological polar surface area (TPSA) is 237 Å². The molecule has 16 nitrogen and oxygen atoms in total. The Morgan fingerprint density at radius 1 is 0.505 bits per heavy atom. The zero-order valence-corrected chi connectivity index (χ0v) is 48.4. The van der Waals surface area contributed by atoms with E-state index in [1.807, 2.05) is 0 Å². The molecule has 9 rings (SSSR count). The van der Waals surface area contributed by atoms with Gasteiger partial charge in [0.1, 0.15) is 6.54 Å². The summed E-state index contributed by atoms with van der Waals surface area (Å²) in [5.74, 6) is -2.22. The molecule has 9 N–H and O–H groups in total.